The van der Waals surface area contributed by atoms with Gasteiger partial charge in [-0.15, -0.1) is 0 Å². The minimum Gasteiger partial charge on any atom is -0.440 e. The number of nitrogens with zero attached hydrogens (tertiary/aromatic N) is 4. The molecule has 0 radical (unpaired) electrons. The lowest BCUT2D eigenvalue weighted by atomic mass is 9.83. The average Bonchev–Trinajstić information content (AvgIpc) is 2.71. The van der Waals surface area contributed by atoms with E-state index in [2.05, 4.69) is 25.6 Å². The van der Waals surface area contributed by atoms with Crippen LogP contribution < -0.4 is 15.5 Å². The number of pyridine rings is 1. The van der Waals surface area contributed by atoms with Gasteiger partial charge < -0.3 is 15.0 Å². The number of hydrogen-bond acceptors (Lipinski definition) is 7. The van der Waals surface area contributed by atoms with Crippen molar-refractivity contribution in [1.82, 2.24) is 20.3 Å². The van der Waals surface area contributed by atoms with Crippen molar-refractivity contribution in [1.29, 1.82) is 0 Å². The molecule has 2 aliphatic rings. The van der Waals surface area contributed by atoms with E-state index in [9.17, 15) is 18.0 Å². The van der Waals surface area contributed by atoms with Gasteiger partial charge in [0.2, 0.25) is 0 Å². The van der Waals surface area contributed by atoms with Crippen LogP contribution in [-0.4, -0.2) is 46.7 Å². The van der Waals surface area contributed by atoms with Gasteiger partial charge >= 0.3 is 12.3 Å². The molecule has 11 heteroatoms. The second-order valence-corrected chi connectivity index (χ2v) is 9.16. The van der Waals surface area contributed by atoms with Gasteiger partial charge in [0.1, 0.15) is 29.8 Å². The van der Waals surface area contributed by atoms with Gasteiger partial charge in [0.25, 0.3) is 0 Å². The molecule has 172 valence electrons. The van der Waals surface area contributed by atoms with E-state index in [1.807, 2.05) is 32.6 Å². The number of halogens is 3. The van der Waals surface area contributed by atoms with E-state index in [0.29, 0.717) is 25.2 Å². The van der Waals surface area contributed by atoms with Gasteiger partial charge in [-0.3, -0.25) is 5.32 Å². The fraction of sp³-hybridized carbons (Fsp3) is 0.524. The van der Waals surface area contributed by atoms with Crippen LogP contribution in [0.5, 0.6) is 0 Å². The maximum atomic E-state index is 13.8. The molecule has 1 fully saturated rings. The number of carbonyl (C=O) groups is 1. The molecule has 0 aliphatic carbocycles. The van der Waals surface area contributed by atoms with Crippen LogP contribution in [0.4, 0.5) is 29.6 Å². The lowest BCUT2D eigenvalue weighted by Crippen LogP contribution is -2.49. The molecule has 0 aromatic carbocycles. The highest BCUT2D eigenvalue weighted by molar-refractivity contribution is 5.88. The van der Waals surface area contributed by atoms with Crippen molar-refractivity contribution in [3.63, 3.8) is 0 Å². The lowest BCUT2D eigenvalue weighted by molar-refractivity contribution is -0.137. The predicted molar refractivity (Wildman–Crippen MR) is 112 cm³/mol. The number of hydrogen-bond donors (Lipinski definition) is 2. The van der Waals surface area contributed by atoms with E-state index < -0.39 is 29.4 Å². The van der Waals surface area contributed by atoms with Crippen molar-refractivity contribution in [3.8, 4) is 11.4 Å². The number of alkyl halides is 3. The molecule has 0 spiro atoms. The van der Waals surface area contributed by atoms with Crippen LogP contribution in [0.15, 0.2) is 18.5 Å². The first-order chi connectivity index (χ1) is 14.9. The monoisotopic (exact) mass is 450 g/mol. The van der Waals surface area contributed by atoms with Crippen molar-refractivity contribution >= 4 is 17.7 Å². The highest BCUT2D eigenvalue weighted by Gasteiger charge is 2.40. The molecule has 8 nitrogen and oxygen atoms in total. The van der Waals surface area contributed by atoms with Crippen LogP contribution in [0.2, 0.25) is 0 Å². The average molecular weight is 450 g/mol. The Morgan fingerprint density at radius 3 is 2.59 bits per heavy atom. The summed E-state index contributed by atoms with van der Waals surface area (Å²) in [6.45, 7) is 9.26. The zero-order chi connectivity index (χ0) is 23.3. The molecule has 2 aliphatic heterocycles. The van der Waals surface area contributed by atoms with E-state index in [0.717, 1.165) is 12.1 Å². The first kappa shape index (κ1) is 22.3. The molecule has 2 atom stereocenters. The molecule has 32 heavy (non-hydrogen) atoms. The maximum Gasteiger partial charge on any atom is 0.416 e. The van der Waals surface area contributed by atoms with Crippen LogP contribution in [-0.2, 0) is 10.9 Å². The van der Waals surface area contributed by atoms with Crippen molar-refractivity contribution in [2.45, 2.75) is 46.0 Å². The normalized spacial score (nSPS) is 21.6. The summed E-state index contributed by atoms with van der Waals surface area (Å²) in [6, 6.07) is 2.16. The van der Waals surface area contributed by atoms with Gasteiger partial charge in [-0.05, 0) is 19.1 Å². The molecule has 4 heterocycles. The van der Waals surface area contributed by atoms with Crippen LogP contribution in [0.3, 0.4) is 0 Å². The third-order valence-electron chi connectivity index (χ3n) is 5.45. The summed E-state index contributed by atoms with van der Waals surface area (Å²) < 4.78 is 46.9. The van der Waals surface area contributed by atoms with Gasteiger partial charge in [0.05, 0.1) is 16.8 Å². The van der Waals surface area contributed by atoms with Crippen LogP contribution in [0.1, 0.15) is 44.9 Å². The van der Waals surface area contributed by atoms with Gasteiger partial charge in [0.15, 0.2) is 0 Å². The summed E-state index contributed by atoms with van der Waals surface area (Å²) in [5, 5.41) is 5.79. The Labute approximate surface area is 183 Å². The molecule has 1 amide bonds. The minimum atomic E-state index is -4.56. The molecule has 2 aromatic heterocycles. The van der Waals surface area contributed by atoms with E-state index in [1.54, 1.807) is 0 Å². The van der Waals surface area contributed by atoms with E-state index in [4.69, 9.17) is 4.74 Å². The summed E-state index contributed by atoms with van der Waals surface area (Å²) in [5.74, 6) is 0.436. The third kappa shape index (κ3) is 4.34. The first-order valence-corrected chi connectivity index (χ1v) is 10.3. The molecule has 4 rings (SSSR count). The fourth-order valence-electron chi connectivity index (χ4n) is 3.95. The van der Waals surface area contributed by atoms with Crippen molar-refractivity contribution < 1.29 is 22.7 Å². The first-order valence-electron chi connectivity index (χ1n) is 10.3. The molecular weight excluding hydrogens is 425 g/mol. The number of rotatable bonds is 2. The third-order valence-corrected chi connectivity index (χ3v) is 5.45. The number of cyclic esters (lactones) is 1. The number of nitrogens with one attached hydrogen (secondary N) is 2. The second-order valence-electron chi connectivity index (χ2n) is 9.16. The highest BCUT2D eigenvalue weighted by Crippen LogP contribution is 2.45. The van der Waals surface area contributed by atoms with Gasteiger partial charge in [-0.2, -0.15) is 13.2 Å². The Balaban J connectivity index is 1.90. The number of amides is 1. The van der Waals surface area contributed by atoms with Crippen LogP contribution in [0.25, 0.3) is 11.4 Å². The Morgan fingerprint density at radius 1 is 1.19 bits per heavy atom. The smallest absolute Gasteiger partial charge is 0.416 e. The molecule has 0 saturated carbocycles. The SMILES string of the molecule is C[C@H]1CN(c2cc(C(F)(F)F)cc(-c3ncnc4c3[C@H](C(C)(C)C)OC(=O)N4)n2)CCN1. The molecule has 0 unspecified atom stereocenters. The number of piperazine rings is 1. The van der Waals surface area contributed by atoms with Crippen LogP contribution in [0, 0.1) is 5.41 Å². The minimum absolute atomic E-state index is 0.0497. The zero-order valence-corrected chi connectivity index (χ0v) is 18.2. The summed E-state index contributed by atoms with van der Waals surface area (Å²) >= 11 is 0. The Kier molecular flexibility index (Phi) is 5.48. The van der Waals surface area contributed by atoms with E-state index in [1.165, 1.54) is 6.33 Å². The summed E-state index contributed by atoms with van der Waals surface area (Å²) in [4.78, 5) is 26.8. The second kappa shape index (κ2) is 7.88. The topological polar surface area (TPSA) is 92.3 Å². The molecule has 0 bridgehead atoms. The number of fused-ring (bicyclic) bond motifs is 1. The van der Waals surface area contributed by atoms with E-state index in [-0.39, 0.29) is 29.1 Å². The molecule has 2 aromatic rings. The Hall–Kier alpha value is -2.95. The van der Waals surface area contributed by atoms with Crippen LogP contribution >= 0.6 is 0 Å². The van der Waals surface area contributed by atoms with Gasteiger partial charge in [-0.1, -0.05) is 20.8 Å². The van der Waals surface area contributed by atoms with Crippen molar-refractivity contribution in [2.75, 3.05) is 29.9 Å². The number of ether oxygens (including phenoxy) is 1. The summed E-state index contributed by atoms with van der Waals surface area (Å²) in [7, 11) is 0. The van der Waals surface area contributed by atoms with Gasteiger partial charge in [0, 0.05) is 31.1 Å². The van der Waals surface area contributed by atoms with Crippen molar-refractivity contribution in [3.05, 3.63) is 29.6 Å². The number of aromatic nitrogens is 3. The number of carbonyl (C=O) groups excluding carboxylic acids is 1. The quantitative estimate of drug-likeness (QED) is 0.714. The summed E-state index contributed by atoms with van der Waals surface area (Å²) in [6.07, 6.45) is -4.79. The lowest BCUT2D eigenvalue weighted by Gasteiger charge is -2.35. The Bertz CT molecular complexity index is 1040. The van der Waals surface area contributed by atoms with Crippen molar-refractivity contribution in [2.24, 2.45) is 5.41 Å². The number of anilines is 2. The molecule has 2 N–H and O–H groups in total. The standard InChI is InChI=1S/C21H25F3N6O2/c1-11-9-30(6-5-25-11)14-8-12(21(22,23)24)7-13(28-14)16-15-17(20(2,3)4)32-19(31)29-18(15)27-10-26-16/h7-8,10-11,17,25H,5-6,9H2,1-4H3,(H,26,27,29,31)/t11-,17+/m0/s1. The summed E-state index contributed by atoms with van der Waals surface area (Å²) in [5.41, 5.74) is -0.709. The Morgan fingerprint density at radius 2 is 1.94 bits per heavy atom. The predicted octanol–water partition coefficient (Wildman–Crippen LogP) is 4.00. The molecule has 1 saturated heterocycles. The zero-order valence-electron chi connectivity index (χ0n) is 18.2. The highest BCUT2D eigenvalue weighted by atomic mass is 19.4. The fourth-order valence-corrected chi connectivity index (χ4v) is 3.95. The van der Waals surface area contributed by atoms with Gasteiger partial charge in [-0.25, -0.2) is 19.7 Å². The largest absolute Gasteiger partial charge is 0.440 e. The van der Waals surface area contributed by atoms with E-state index >= 15 is 0 Å². The molecular formula is C21H25F3N6O2. The maximum absolute atomic E-state index is 13.8.